The fourth-order valence-electron chi connectivity index (χ4n) is 1.63. The SMILES string of the molecule is CCC(C)(CO)NS(=O)(=O)c1cc(C(=O)NC)n(C)c1. The Balaban J connectivity index is 3.14. The Kier molecular flexibility index (Phi) is 4.95. The van der Waals surface area contributed by atoms with Crippen LogP contribution in [0.15, 0.2) is 17.2 Å². The summed E-state index contributed by atoms with van der Waals surface area (Å²) < 4.78 is 28.4. The molecule has 0 saturated carbocycles. The number of aliphatic hydroxyl groups excluding tert-OH is 1. The van der Waals surface area contributed by atoms with Crippen molar-refractivity contribution in [1.82, 2.24) is 14.6 Å². The molecule has 0 bridgehead atoms. The minimum Gasteiger partial charge on any atom is -0.394 e. The second kappa shape index (κ2) is 5.94. The number of aliphatic hydroxyl groups is 1. The van der Waals surface area contributed by atoms with Gasteiger partial charge in [-0.1, -0.05) is 6.92 Å². The molecule has 0 aliphatic heterocycles. The first-order valence-corrected chi connectivity index (χ1v) is 7.70. The standard InChI is InChI=1S/C12H21N3O4S/c1-5-12(2,8-16)14-20(18,19)9-6-10(11(17)13-3)15(4)7-9/h6-7,14,16H,5,8H2,1-4H3,(H,13,17). The molecule has 0 aromatic carbocycles. The summed E-state index contributed by atoms with van der Waals surface area (Å²) in [5, 5.41) is 11.7. The third kappa shape index (κ3) is 3.38. The van der Waals surface area contributed by atoms with Crippen LogP contribution in [-0.2, 0) is 17.1 Å². The van der Waals surface area contributed by atoms with E-state index < -0.39 is 15.6 Å². The number of rotatable bonds is 6. The lowest BCUT2D eigenvalue weighted by Gasteiger charge is -2.26. The van der Waals surface area contributed by atoms with Crippen molar-refractivity contribution in [3.63, 3.8) is 0 Å². The molecule has 1 atom stereocenters. The van der Waals surface area contributed by atoms with Crippen molar-refractivity contribution in [3.05, 3.63) is 18.0 Å². The highest BCUT2D eigenvalue weighted by Gasteiger charge is 2.29. The van der Waals surface area contributed by atoms with Gasteiger partial charge in [0.05, 0.1) is 12.1 Å². The normalized spacial score (nSPS) is 14.8. The Labute approximate surface area is 119 Å². The van der Waals surface area contributed by atoms with Crippen molar-refractivity contribution < 1.29 is 18.3 Å². The summed E-state index contributed by atoms with van der Waals surface area (Å²) in [6, 6.07) is 1.30. The molecule has 1 aromatic rings. The van der Waals surface area contributed by atoms with Crippen LogP contribution in [0.25, 0.3) is 0 Å². The first kappa shape index (κ1) is 16.7. The van der Waals surface area contributed by atoms with Crippen LogP contribution < -0.4 is 10.0 Å². The van der Waals surface area contributed by atoms with Crippen LogP contribution in [0.2, 0.25) is 0 Å². The minimum absolute atomic E-state index is 0.00766. The van der Waals surface area contributed by atoms with Crippen molar-refractivity contribution in [2.24, 2.45) is 7.05 Å². The Hall–Kier alpha value is -1.38. The lowest BCUT2D eigenvalue weighted by molar-refractivity contribution is 0.0955. The maximum absolute atomic E-state index is 12.3. The molecule has 1 unspecified atom stereocenters. The van der Waals surface area contributed by atoms with Crippen molar-refractivity contribution >= 4 is 15.9 Å². The van der Waals surface area contributed by atoms with Gasteiger partial charge in [0, 0.05) is 20.3 Å². The Morgan fingerprint density at radius 1 is 1.50 bits per heavy atom. The van der Waals surface area contributed by atoms with Gasteiger partial charge >= 0.3 is 0 Å². The van der Waals surface area contributed by atoms with E-state index in [0.29, 0.717) is 6.42 Å². The van der Waals surface area contributed by atoms with Crippen LogP contribution in [0, 0.1) is 0 Å². The zero-order chi connectivity index (χ0) is 15.6. The van der Waals surface area contributed by atoms with Crippen molar-refractivity contribution in [2.45, 2.75) is 30.7 Å². The summed E-state index contributed by atoms with van der Waals surface area (Å²) in [4.78, 5) is 11.6. The number of aromatic nitrogens is 1. The van der Waals surface area contributed by atoms with Gasteiger partial charge in [-0.15, -0.1) is 0 Å². The van der Waals surface area contributed by atoms with Crippen LogP contribution in [0.3, 0.4) is 0 Å². The molecule has 20 heavy (non-hydrogen) atoms. The quantitative estimate of drug-likeness (QED) is 0.679. The summed E-state index contributed by atoms with van der Waals surface area (Å²) in [6.07, 6.45) is 1.80. The molecule has 3 N–H and O–H groups in total. The summed E-state index contributed by atoms with van der Waals surface area (Å²) in [5.41, 5.74) is -0.683. The van der Waals surface area contributed by atoms with Gasteiger partial charge in [0.1, 0.15) is 10.6 Å². The molecule has 8 heteroatoms. The van der Waals surface area contributed by atoms with Gasteiger partial charge in [-0.3, -0.25) is 4.79 Å². The maximum Gasteiger partial charge on any atom is 0.267 e. The Morgan fingerprint density at radius 3 is 2.55 bits per heavy atom. The second-order valence-corrected chi connectivity index (χ2v) is 6.61. The van der Waals surface area contributed by atoms with Gasteiger partial charge < -0.3 is 15.0 Å². The summed E-state index contributed by atoms with van der Waals surface area (Å²) in [5.74, 6) is -0.366. The summed E-state index contributed by atoms with van der Waals surface area (Å²) in [6.45, 7) is 3.09. The average molecular weight is 303 g/mol. The molecule has 0 radical (unpaired) electrons. The number of amides is 1. The predicted molar refractivity (Wildman–Crippen MR) is 74.9 cm³/mol. The van der Waals surface area contributed by atoms with Gasteiger partial charge in [-0.25, -0.2) is 13.1 Å². The average Bonchev–Trinajstić information content (AvgIpc) is 2.80. The van der Waals surface area contributed by atoms with E-state index >= 15 is 0 Å². The highest BCUT2D eigenvalue weighted by atomic mass is 32.2. The molecular formula is C12H21N3O4S. The van der Waals surface area contributed by atoms with Gasteiger partial charge in [0.15, 0.2) is 0 Å². The van der Waals surface area contributed by atoms with E-state index in [9.17, 15) is 18.3 Å². The molecule has 1 aromatic heterocycles. The van der Waals surface area contributed by atoms with Gasteiger partial charge in [-0.2, -0.15) is 0 Å². The number of nitrogens with zero attached hydrogens (tertiary/aromatic N) is 1. The lowest BCUT2D eigenvalue weighted by atomic mass is 10.0. The Bertz CT molecular complexity index is 588. The fourth-order valence-corrected chi connectivity index (χ4v) is 3.17. The number of aryl methyl sites for hydroxylation is 1. The number of carbonyl (C=O) groups is 1. The molecule has 1 rings (SSSR count). The molecule has 1 amide bonds. The van der Waals surface area contributed by atoms with E-state index in [0.717, 1.165) is 0 Å². The molecular weight excluding hydrogens is 282 g/mol. The first-order valence-electron chi connectivity index (χ1n) is 6.22. The molecule has 0 saturated heterocycles. The van der Waals surface area contributed by atoms with E-state index in [2.05, 4.69) is 10.0 Å². The molecule has 0 aliphatic rings. The lowest BCUT2D eigenvalue weighted by Crippen LogP contribution is -2.48. The number of hydrogen-bond donors (Lipinski definition) is 3. The maximum atomic E-state index is 12.3. The molecule has 7 nitrogen and oxygen atoms in total. The predicted octanol–water partition coefficient (Wildman–Crippen LogP) is -0.176. The third-order valence-electron chi connectivity index (χ3n) is 3.26. The minimum atomic E-state index is -3.80. The van der Waals surface area contributed by atoms with E-state index in [4.69, 9.17) is 0 Å². The van der Waals surface area contributed by atoms with Crippen LogP contribution in [0.4, 0.5) is 0 Å². The number of hydrogen-bond acceptors (Lipinski definition) is 4. The highest BCUT2D eigenvalue weighted by Crippen LogP contribution is 2.18. The van der Waals surface area contributed by atoms with Crippen LogP contribution in [0.1, 0.15) is 30.8 Å². The van der Waals surface area contributed by atoms with Gasteiger partial charge in [0.25, 0.3) is 5.91 Å². The van der Waals surface area contributed by atoms with E-state index in [-0.39, 0.29) is 23.1 Å². The van der Waals surface area contributed by atoms with Gasteiger partial charge in [0.2, 0.25) is 10.0 Å². The largest absolute Gasteiger partial charge is 0.394 e. The first-order chi connectivity index (χ1) is 9.19. The zero-order valence-electron chi connectivity index (χ0n) is 12.1. The smallest absolute Gasteiger partial charge is 0.267 e. The van der Waals surface area contributed by atoms with Crippen LogP contribution in [0.5, 0.6) is 0 Å². The van der Waals surface area contributed by atoms with Crippen LogP contribution >= 0.6 is 0 Å². The number of carbonyl (C=O) groups excluding carboxylic acids is 1. The van der Waals surface area contributed by atoms with E-state index in [1.165, 1.54) is 23.9 Å². The van der Waals surface area contributed by atoms with E-state index in [1.807, 2.05) is 0 Å². The van der Waals surface area contributed by atoms with Crippen molar-refractivity contribution in [3.8, 4) is 0 Å². The van der Waals surface area contributed by atoms with Crippen molar-refractivity contribution in [2.75, 3.05) is 13.7 Å². The zero-order valence-corrected chi connectivity index (χ0v) is 12.9. The molecule has 0 aliphatic carbocycles. The number of sulfonamides is 1. The topological polar surface area (TPSA) is 100 Å². The molecule has 114 valence electrons. The summed E-state index contributed by atoms with van der Waals surface area (Å²) in [7, 11) is -0.731. The number of nitrogens with one attached hydrogen (secondary N) is 2. The molecule has 1 heterocycles. The third-order valence-corrected chi connectivity index (χ3v) is 4.87. The van der Waals surface area contributed by atoms with Crippen LogP contribution in [-0.4, -0.2) is 43.2 Å². The van der Waals surface area contributed by atoms with Crippen molar-refractivity contribution in [1.29, 1.82) is 0 Å². The highest BCUT2D eigenvalue weighted by molar-refractivity contribution is 7.89. The summed E-state index contributed by atoms with van der Waals surface area (Å²) >= 11 is 0. The van der Waals surface area contributed by atoms with E-state index in [1.54, 1.807) is 20.9 Å². The second-order valence-electron chi connectivity index (χ2n) is 4.93. The molecule has 0 spiro atoms. The van der Waals surface area contributed by atoms with Gasteiger partial charge in [-0.05, 0) is 19.4 Å². The monoisotopic (exact) mass is 303 g/mol. The fraction of sp³-hybridized carbons (Fsp3) is 0.583. The molecule has 0 fully saturated rings. The Morgan fingerprint density at radius 2 is 2.10 bits per heavy atom.